The van der Waals surface area contributed by atoms with E-state index in [0.29, 0.717) is 0 Å². The molecule has 0 spiro atoms. The van der Waals surface area contributed by atoms with Crippen molar-refractivity contribution in [1.29, 1.82) is 0 Å². The average molecular weight is 279 g/mol. The standard InChI is InChI=1S/C16H23ClN2/c1-2-19-12-4-6-16(19)13-18-11-3-5-14-7-9-15(17)10-8-14/h3,5,7-10,16,18H,2,4,6,11-13H2,1H3/b5-3+. The molecule has 1 aromatic carbocycles. The molecule has 2 nitrogen and oxygen atoms in total. The molecule has 0 saturated carbocycles. The lowest BCUT2D eigenvalue weighted by atomic mass is 10.2. The van der Waals surface area contributed by atoms with Gasteiger partial charge in [-0.15, -0.1) is 0 Å². The maximum atomic E-state index is 5.85. The Hall–Kier alpha value is -0.830. The van der Waals surface area contributed by atoms with E-state index in [1.807, 2.05) is 24.3 Å². The Balaban J connectivity index is 1.67. The van der Waals surface area contributed by atoms with E-state index in [0.717, 1.165) is 24.2 Å². The predicted octanol–water partition coefficient (Wildman–Crippen LogP) is 3.43. The zero-order valence-electron chi connectivity index (χ0n) is 11.6. The van der Waals surface area contributed by atoms with Gasteiger partial charge in [0, 0.05) is 24.2 Å². The molecule has 1 aromatic rings. The monoisotopic (exact) mass is 278 g/mol. The smallest absolute Gasteiger partial charge is 0.0406 e. The van der Waals surface area contributed by atoms with Crippen LogP contribution >= 0.6 is 11.6 Å². The quantitative estimate of drug-likeness (QED) is 0.802. The number of rotatable bonds is 6. The molecule has 0 aliphatic carbocycles. The normalized spacial score (nSPS) is 20.4. The van der Waals surface area contributed by atoms with Crippen LogP contribution in [0.4, 0.5) is 0 Å². The maximum Gasteiger partial charge on any atom is 0.0406 e. The molecule has 1 N–H and O–H groups in total. The van der Waals surface area contributed by atoms with Crippen LogP contribution in [-0.4, -0.2) is 37.1 Å². The fraction of sp³-hybridized carbons (Fsp3) is 0.500. The van der Waals surface area contributed by atoms with Crippen LogP contribution in [0.5, 0.6) is 0 Å². The van der Waals surface area contributed by atoms with Crippen molar-refractivity contribution in [3.8, 4) is 0 Å². The van der Waals surface area contributed by atoms with Crippen molar-refractivity contribution in [1.82, 2.24) is 10.2 Å². The fourth-order valence-corrected chi connectivity index (χ4v) is 2.77. The summed E-state index contributed by atoms with van der Waals surface area (Å²) in [5.41, 5.74) is 1.20. The summed E-state index contributed by atoms with van der Waals surface area (Å²) in [4.78, 5) is 2.57. The molecule has 3 heteroatoms. The molecule has 1 unspecified atom stereocenters. The van der Waals surface area contributed by atoms with E-state index in [9.17, 15) is 0 Å². The van der Waals surface area contributed by atoms with Gasteiger partial charge in [-0.3, -0.25) is 4.90 Å². The van der Waals surface area contributed by atoms with E-state index in [4.69, 9.17) is 11.6 Å². The first-order valence-electron chi connectivity index (χ1n) is 7.16. The molecule has 19 heavy (non-hydrogen) atoms. The highest BCUT2D eigenvalue weighted by Gasteiger charge is 2.21. The van der Waals surface area contributed by atoms with E-state index >= 15 is 0 Å². The Bertz CT molecular complexity index is 400. The van der Waals surface area contributed by atoms with Crippen LogP contribution in [0, 0.1) is 0 Å². The molecule has 104 valence electrons. The van der Waals surface area contributed by atoms with Crippen molar-refractivity contribution in [2.45, 2.75) is 25.8 Å². The van der Waals surface area contributed by atoms with Crippen LogP contribution in [-0.2, 0) is 0 Å². The van der Waals surface area contributed by atoms with Crippen molar-refractivity contribution in [2.75, 3.05) is 26.2 Å². The lowest BCUT2D eigenvalue weighted by Crippen LogP contribution is -2.37. The summed E-state index contributed by atoms with van der Waals surface area (Å²) in [6, 6.07) is 8.65. The van der Waals surface area contributed by atoms with Gasteiger partial charge in [0.15, 0.2) is 0 Å². The number of nitrogens with one attached hydrogen (secondary N) is 1. The van der Waals surface area contributed by atoms with Crippen molar-refractivity contribution in [3.63, 3.8) is 0 Å². The minimum atomic E-state index is 0.730. The van der Waals surface area contributed by atoms with Gasteiger partial charge < -0.3 is 5.32 Å². The lowest BCUT2D eigenvalue weighted by molar-refractivity contribution is 0.262. The number of likely N-dealkylation sites (N-methyl/N-ethyl adjacent to an activating group) is 1. The first-order valence-corrected chi connectivity index (χ1v) is 7.54. The molecule has 0 amide bonds. The Morgan fingerprint density at radius 1 is 1.37 bits per heavy atom. The SMILES string of the molecule is CCN1CCCC1CNC/C=C/c1ccc(Cl)cc1. The first-order chi connectivity index (χ1) is 9.29. The zero-order valence-corrected chi connectivity index (χ0v) is 12.4. The predicted molar refractivity (Wildman–Crippen MR) is 83.6 cm³/mol. The van der Waals surface area contributed by atoms with Crippen molar-refractivity contribution in [2.24, 2.45) is 0 Å². The maximum absolute atomic E-state index is 5.85. The summed E-state index contributed by atoms with van der Waals surface area (Å²) < 4.78 is 0. The highest BCUT2D eigenvalue weighted by Crippen LogP contribution is 2.15. The summed E-state index contributed by atoms with van der Waals surface area (Å²) in [7, 11) is 0. The van der Waals surface area contributed by atoms with Crippen LogP contribution in [0.25, 0.3) is 6.08 Å². The van der Waals surface area contributed by atoms with Gasteiger partial charge in [0.2, 0.25) is 0 Å². The van der Waals surface area contributed by atoms with E-state index in [-0.39, 0.29) is 0 Å². The average Bonchev–Trinajstić information content (AvgIpc) is 2.88. The van der Waals surface area contributed by atoms with Crippen LogP contribution in [0.15, 0.2) is 30.3 Å². The highest BCUT2D eigenvalue weighted by atomic mass is 35.5. The fourth-order valence-electron chi connectivity index (χ4n) is 2.64. The third kappa shape index (κ3) is 4.64. The van der Waals surface area contributed by atoms with Gasteiger partial charge in [0.05, 0.1) is 0 Å². The van der Waals surface area contributed by atoms with E-state index in [2.05, 4.69) is 29.3 Å². The van der Waals surface area contributed by atoms with E-state index in [1.54, 1.807) is 0 Å². The number of hydrogen-bond acceptors (Lipinski definition) is 2. The third-order valence-electron chi connectivity index (χ3n) is 3.73. The highest BCUT2D eigenvalue weighted by molar-refractivity contribution is 6.30. The minimum absolute atomic E-state index is 0.730. The summed E-state index contributed by atoms with van der Waals surface area (Å²) >= 11 is 5.85. The summed E-state index contributed by atoms with van der Waals surface area (Å²) in [5, 5.41) is 4.31. The number of likely N-dealkylation sites (tertiary alicyclic amines) is 1. The lowest BCUT2D eigenvalue weighted by Gasteiger charge is -2.22. The second-order valence-corrected chi connectivity index (χ2v) is 5.47. The molecule has 1 atom stereocenters. The van der Waals surface area contributed by atoms with Gasteiger partial charge in [0.1, 0.15) is 0 Å². The first kappa shape index (κ1) is 14.6. The second-order valence-electron chi connectivity index (χ2n) is 5.04. The van der Waals surface area contributed by atoms with Gasteiger partial charge in [-0.25, -0.2) is 0 Å². The van der Waals surface area contributed by atoms with Gasteiger partial charge in [-0.1, -0.05) is 42.8 Å². The van der Waals surface area contributed by atoms with Crippen LogP contribution < -0.4 is 5.32 Å². The van der Waals surface area contributed by atoms with Crippen LogP contribution in [0.3, 0.4) is 0 Å². The molecule has 0 bridgehead atoms. The Morgan fingerprint density at radius 2 is 2.16 bits per heavy atom. The second kappa shape index (κ2) is 7.68. The van der Waals surface area contributed by atoms with Crippen LogP contribution in [0.1, 0.15) is 25.3 Å². The molecule has 0 aromatic heterocycles. The largest absolute Gasteiger partial charge is 0.312 e. The topological polar surface area (TPSA) is 15.3 Å². The molecule has 1 heterocycles. The molecule has 1 aliphatic rings. The number of halogens is 1. The number of benzene rings is 1. The molecular formula is C16H23ClN2. The summed E-state index contributed by atoms with van der Waals surface area (Å²) in [6.07, 6.45) is 6.99. The molecule has 0 radical (unpaired) electrons. The number of nitrogens with zero attached hydrogens (tertiary/aromatic N) is 1. The zero-order chi connectivity index (χ0) is 13.5. The molecule has 2 rings (SSSR count). The van der Waals surface area contributed by atoms with Crippen LogP contribution in [0.2, 0.25) is 5.02 Å². The van der Waals surface area contributed by atoms with Crippen molar-refractivity contribution >= 4 is 17.7 Å². The van der Waals surface area contributed by atoms with Gasteiger partial charge in [0.25, 0.3) is 0 Å². The van der Waals surface area contributed by atoms with Gasteiger partial charge >= 0.3 is 0 Å². The Kier molecular flexibility index (Phi) is 5.90. The van der Waals surface area contributed by atoms with Crippen molar-refractivity contribution < 1.29 is 0 Å². The molecule has 1 fully saturated rings. The Labute approximate surface area is 121 Å². The van der Waals surface area contributed by atoms with Gasteiger partial charge in [-0.05, 0) is 43.6 Å². The number of hydrogen-bond donors (Lipinski definition) is 1. The molecule has 1 aliphatic heterocycles. The third-order valence-corrected chi connectivity index (χ3v) is 3.98. The van der Waals surface area contributed by atoms with E-state index < -0.39 is 0 Å². The minimum Gasteiger partial charge on any atom is -0.312 e. The Morgan fingerprint density at radius 3 is 2.89 bits per heavy atom. The van der Waals surface area contributed by atoms with E-state index in [1.165, 1.54) is 31.5 Å². The van der Waals surface area contributed by atoms with Gasteiger partial charge in [-0.2, -0.15) is 0 Å². The summed E-state index contributed by atoms with van der Waals surface area (Å²) in [6.45, 7) is 6.71. The molecule has 1 saturated heterocycles. The van der Waals surface area contributed by atoms with Crippen molar-refractivity contribution in [3.05, 3.63) is 40.9 Å². The molecular weight excluding hydrogens is 256 g/mol. The summed E-state index contributed by atoms with van der Waals surface area (Å²) in [5.74, 6) is 0.